The number of rotatable bonds is 2. The van der Waals surface area contributed by atoms with E-state index >= 15 is 0 Å². The molecule has 0 aromatic carbocycles. The molecule has 2 heteroatoms. The third kappa shape index (κ3) is 1.33. The summed E-state index contributed by atoms with van der Waals surface area (Å²) in [6, 6.07) is -0.0278. The first-order valence-electron chi connectivity index (χ1n) is 3.03. The first kappa shape index (κ1) is 6.36. The van der Waals surface area contributed by atoms with Gasteiger partial charge >= 0.3 is 0 Å². The predicted octanol–water partition coefficient (Wildman–Crippen LogP) is 0.802. The van der Waals surface area contributed by atoms with Crippen molar-refractivity contribution in [3.63, 3.8) is 0 Å². The van der Waals surface area contributed by atoms with E-state index in [4.69, 9.17) is 10.5 Å². The Morgan fingerprint density at radius 1 is 1.89 bits per heavy atom. The van der Waals surface area contributed by atoms with Gasteiger partial charge in [-0.2, -0.15) is 0 Å². The van der Waals surface area contributed by atoms with Crippen molar-refractivity contribution in [1.82, 2.24) is 0 Å². The predicted molar refractivity (Wildman–Crippen MR) is 36.8 cm³/mol. The van der Waals surface area contributed by atoms with Gasteiger partial charge in [-0.25, -0.2) is 0 Å². The molecule has 2 nitrogen and oxygen atoms in total. The molecule has 0 aromatic heterocycles. The highest BCUT2D eigenvalue weighted by Crippen LogP contribution is 2.11. The molecule has 2 atom stereocenters. The van der Waals surface area contributed by atoms with Crippen LogP contribution in [-0.2, 0) is 4.74 Å². The molecule has 1 aliphatic rings. The van der Waals surface area contributed by atoms with E-state index in [1.807, 2.05) is 6.08 Å². The fraction of sp³-hybridized carbons (Fsp3) is 0.429. The molecule has 0 saturated carbocycles. The van der Waals surface area contributed by atoms with Crippen molar-refractivity contribution < 1.29 is 4.74 Å². The summed E-state index contributed by atoms with van der Waals surface area (Å²) in [4.78, 5) is 0. The van der Waals surface area contributed by atoms with E-state index in [1.165, 1.54) is 0 Å². The van der Waals surface area contributed by atoms with Gasteiger partial charge in [0.1, 0.15) is 6.10 Å². The van der Waals surface area contributed by atoms with Gasteiger partial charge in [0.15, 0.2) is 0 Å². The second-order valence-electron chi connectivity index (χ2n) is 2.10. The number of hydrogen-bond donors (Lipinski definition) is 1. The van der Waals surface area contributed by atoms with Crippen LogP contribution in [-0.4, -0.2) is 12.1 Å². The molecule has 0 bridgehead atoms. The van der Waals surface area contributed by atoms with Gasteiger partial charge < -0.3 is 10.5 Å². The third-order valence-corrected chi connectivity index (χ3v) is 1.42. The summed E-state index contributed by atoms with van der Waals surface area (Å²) in [6.07, 6.45) is 6.40. The Balaban J connectivity index is 2.35. The third-order valence-electron chi connectivity index (χ3n) is 1.42. The van der Waals surface area contributed by atoms with Crippen LogP contribution in [0.25, 0.3) is 0 Å². The second kappa shape index (κ2) is 2.69. The molecular weight excluding hydrogens is 114 g/mol. The van der Waals surface area contributed by atoms with E-state index in [2.05, 4.69) is 6.58 Å². The number of nitrogens with two attached hydrogens (primary N) is 1. The zero-order valence-corrected chi connectivity index (χ0v) is 5.29. The van der Waals surface area contributed by atoms with Crippen molar-refractivity contribution in [3.8, 4) is 0 Å². The van der Waals surface area contributed by atoms with Crippen LogP contribution in [0.2, 0.25) is 0 Å². The molecule has 9 heavy (non-hydrogen) atoms. The van der Waals surface area contributed by atoms with Crippen LogP contribution < -0.4 is 5.73 Å². The maximum atomic E-state index is 5.60. The summed E-state index contributed by atoms with van der Waals surface area (Å²) < 4.78 is 5.13. The summed E-state index contributed by atoms with van der Waals surface area (Å²) >= 11 is 0. The number of ether oxygens (including phenoxy) is 1. The molecule has 1 heterocycles. The standard InChI is InChI=1S/C7H11NO/c1-2-6(8)7-4-3-5-9-7/h2-3,5-7H,1,4,8H2. The lowest BCUT2D eigenvalue weighted by Gasteiger charge is -2.13. The highest BCUT2D eigenvalue weighted by atomic mass is 16.5. The van der Waals surface area contributed by atoms with Gasteiger partial charge in [0.2, 0.25) is 0 Å². The monoisotopic (exact) mass is 125 g/mol. The lowest BCUT2D eigenvalue weighted by molar-refractivity contribution is 0.157. The molecule has 1 aliphatic heterocycles. The minimum atomic E-state index is -0.0278. The molecule has 2 N–H and O–H groups in total. The minimum absolute atomic E-state index is 0.0278. The molecule has 1 rings (SSSR count). The number of hydrogen-bond acceptors (Lipinski definition) is 2. The quantitative estimate of drug-likeness (QED) is 0.554. The van der Waals surface area contributed by atoms with Crippen molar-refractivity contribution in [1.29, 1.82) is 0 Å². The average molecular weight is 125 g/mol. The Labute approximate surface area is 55.0 Å². The van der Waals surface area contributed by atoms with Gasteiger partial charge in [-0.05, 0) is 6.08 Å². The normalized spacial score (nSPS) is 27.4. The van der Waals surface area contributed by atoms with Crippen molar-refractivity contribution in [2.45, 2.75) is 18.6 Å². The molecule has 0 fully saturated rings. The van der Waals surface area contributed by atoms with Gasteiger partial charge in [-0.3, -0.25) is 0 Å². The van der Waals surface area contributed by atoms with E-state index in [0.29, 0.717) is 0 Å². The molecule has 0 amide bonds. The second-order valence-corrected chi connectivity index (χ2v) is 2.10. The Morgan fingerprint density at radius 2 is 2.67 bits per heavy atom. The van der Waals surface area contributed by atoms with Crippen LogP contribution in [0.15, 0.2) is 25.0 Å². The molecule has 2 unspecified atom stereocenters. The van der Waals surface area contributed by atoms with E-state index in [-0.39, 0.29) is 12.1 Å². The van der Waals surface area contributed by atoms with Crippen molar-refractivity contribution in [2.75, 3.05) is 0 Å². The fourth-order valence-electron chi connectivity index (χ4n) is 0.801. The van der Waals surface area contributed by atoms with Crippen molar-refractivity contribution >= 4 is 0 Å². The topological polar surface area (TPSA) is 35.2 Å². The lowest BCUT2D eigenvalue weighted by Crippen LogP contribution is -2.31. The molecule has 0 spiro atoms. The Hall–Kier alpha value is -0.760. The van der Waals surface area contributed by atoms with Crippen LogP contribution in [0, 0.1) is 0 Å². The van der Waals surface area contributed by atoms with Crippen LogP contribution in [0.3, 0.4) is 0 Å². The van der Waals surface area contributed by atoms with Gasteiger partial charge in [0.05, 0.1) is 12.3 Å². The first-order chi connectivity index (χ1) is 4.34. The molecule has 0 radical (unpaired) electrons. The minimum Gasteiger partial charge on any atom is -0.496 e. The maximum Gasteiger partial charge on any atom is 0.120 e. The smallest absolute Gasteiger partial charge is 0.120 e. The maximum absolute atomic E-state index is 5.60. The van der Waals surface area contributed by atoms with Crippen molar-refractivity contribution in [2.24, 2.45) is 5.73 Å². The molecule has 50 valence electrons. The largest absolute Gasteiger partial charge is 0.496 e. The molecule has 0 aromatic rings. The van der Waals surface area contributed by atoms with Gasteiger partial charge in [0, 0.05) is 6.42 Å². The van der Waals surface area contributed by atoms with Crippen LogP contribution >= 0.6 is 0 Å². The summed E-state index contributed by atoms with van der Waals surface area (Å²) in [7, 11) is 0. The SMILES string of the molecule is C=CC(N)C1CC=CO1. The summed E-state index contributed by atoms with van der Waals surface area (Å²) in [5.41, 5.74) is 5.60. The molecular formula is C7H11NO. The Morgan fingerprint density at radius 3 is 3.11 bits per heavy atom. The van der Waals surface area contributed by atoms with Gasteiger partial charge in [-0.15, -0.1) is 6.58 Å². The van der Waals surface area contributed by atoms with Gasteiger partial charge in [-0.1, -0.05) is 6.08 Å². The molecule has 0 saturated heterocycles. The highest BCUT2D eigenvalue weighted by Gasteiger charge is 2.16. The summed E-state index contributed by atoms with van der Waals surface area (Å²) in [6.45, 7) is 3.57. The first-order valence-corrected chi connectivity index (χ1v) is 3.03. The fourth-order valence-corrected chi connectivity index (χ4v) is 0.801. The Bertz CT molecular complexity index is 123. The van der Waals surface area contributed by atoms with E-state index in [0.717, 1.165) is 6.42 Å². The average Bonchev–Trinajstić information content (AvgIpc) is 2.37. The van der Waals surface area contributed by atoms with Crippen LogP contribution in [0.4, 0.5) is 0 Å². The summed E-state index contributed by atoms with van der Waals surface area (Å²) in [5, 5.41) is 0. The zero-order valence-electron chi connectivity index (χ0n) is 5.29. The van der Waals surface area contributed by atoms with E-state index in [9.17, 15) is 0 Å². The summed E-state index contributed by atoms with van der Waals surface area (Å²) in [5.74, 6) is 0. The van der Waals surface area contributed by atoms with Crippen LogP contribution in [0.5, 0.6) is 0 Å². The molecule has 0 aliphatic carbocycles. The van der Waals surface area contributed by atoms with E-state index < -0.39 is 0 Å². The Kier molecular flexibility index (Phi) is 1.90. The van der Waals surface area contributed by atoms with Crippen molar-refractivity contribution in [3.05, 3.63) is 25.0 Å². The van der Waals surface area contributed by atoms with E-state index in [1.54, 1.807) is 12.3 Å². The van der Waals surface area contributed by atoms with Crippen LogP contribution in [0.1, 0.15) is 6.42 Å². The highest BCUT2D eigenvalue weighted by molar-refractivity contribution is 4.97. The zero-order chi connectivity index (χ0) is 6.69. The van der Waals surface area contributed by atoms with Gasteiger partial charge in [0.25, 0.3) is 0 Å². The lowest BCUT2D eigenvalue weighted by atomic mass is 10.1.